The molecule has 1 heterocycles. The van der Waals surface area contributed by atoms with Gasteiger partial charge in [-0.1, -0.05) is 41.9 Å². The van der Waals surface area contributed by atoms with Crippen LogP contribution >= 0.6 is 11.6 Å². The summed E-state index contributed by atoms with van der Waals surface area (Å²) >= 11 is 6.04. The number of esters is 1. The molecule has 0 fully saturated rings. The monoisotopic (exact) mass is 339 g/mol. The maximum atomic E-state index is 13.2. The van der Waals surface area contributed by atoms with E-state index in [1.165, 1.54) is 7.11 Å². The van der Waals surface area contributed by atoms with Crippen molar-refractivity contribution in [1.82, 2.24) is 0 Å². The Kier molecular flexibility index (Phi) is 3.25. The summed E-state index contributed by atoms with van der Waals surface area (Å²) in [6, 6.07) is 12.7. The molecule has 1 unspecified atom stereocenters. The second kappa shape index (κ2) is 5.21. The van der Waals surface area contributed by atoms with Crippen molar-refractivity contribution in [2.75, 3.05) is 12.4 Å². The Labute approximate surface area is 144 Å². The Hall–Kier alpha value is -2.59. The highest BCUT2D eigenvalue weighted by Gasteiger charge is 2.56. The Balaban J connectivity index is 1.92. The molecule has 4 rings (SSSR count). The first-order valence-corrected chi connectivity index (χ1v) is 7.95. The number of carbonyl (C=O) groups excluding carboxylic acids is 2. The van der Waals surface area contributed by atoms with Gasteiger partial charge in [-0.2, -0.15) is 0 Å². The van der Waals surface area contributed by atoms with Crippen molar-refractivity contribution in [2.45, 2.75) is 12.0 Å². The fraction of sp³-hybridized carbons (Fsp3) is 0.158. The van der Waals surface area contributed by atoms with Crippen LogP contribution < -0.4 is 5.32 Å². The molecule has 0 bridgehead atoms. The summed E-state index contributed by atoms with van der Waals surface area (Å²) in [5.74, 6) is -0.938. The number of fused-ring (bicyclic) bond motifs is 2. The molecule has 0 spiro atoms. The van der Waals surface area contributed by atoms with Crippen molar-refractivity contribution in [2.24, 2.45) is 0 Å². The maximum Gasteiger partial charge on any atom is 0.344 e. The van der Waals surface area contributed by atoms with E-state index in [2.05, 4.69) is 5.32 Å². The molecule has 24 heavy (non-hydrogen) atoms. The predicted molar refractivity (Wildman–Crippen MR) is 92.3 cm³/mol. The van der Waals surface area contributed by atoms with Crippen molar-refractivity contribution in [3.05, 3.63) is 70.3 Å². The minimum absolute atomic E-state index is 0.316. The smallest absolute Gasteiger partial charge is 0.344 e. The number of Topliss-reactive ketones (excluding diaryl/α,β-unsaturated/α-hetero) is 1. The first-order chi connectivity index (χ1) is 11.6. The number of allylic oxidation sites excluding steroid dienone is 1. The van der Waals surface area contributed by atoms with Crippen LogP contribution in [0.1, 0.15) is 21.5 Å². The molecule has 2 aliphatic rings. The molecule has 0 aromatic heterocycles. The third-order valence-corrected chi connectivity index (χ3v) is 4.85. The van der Waals surface area contributed by atoms with Gasteiger partial charge in [0.2, 0.25) is 11.3 Å². The summed E-state index contributed by atoms with van der Waals surface area (Å²) in [5.41, 5.74) is 2.04. The van der Waals surface area contributed by atoms with Crippen LogP contribution in [0.3, 0.4) is 0 Å². The quantitative estimate of drug-likeness (QED) is 0.672. The summed E-state index contributed by atoms with van der Waals surface area (Å²) in [6.07, 6.45) is 2.59. The van der Waals surface area contributed by atoms with E-state index >= 15 is 0 Å². The molecule has 2 aromatic carbocycles. The highest BCUT2D eigenvalue weighted by atomic mass is 35.5. The Morgan fingerprint density at radius 2 is 2.00 bits per heavy atom. The molecule has 0 amide bonds. The first kappa shape index (κ1) is 15.0. The molecule has 0 saturated carbocycles. The van der Waals surface area contributed by atoms with Gasteiger partial charge in [-0.15, -0.1) is 0 Å². The molecular weight excluding hydrogens is 326 g/mol. The SMILES string of the molecule is COC(=O)C1(C2=CCc3ccccc32)Nc2cc(Cl)ccc2C1=O. The number of ketones is 1. The highest BCUT2D eigenvalue weighted by molar-refractivity contribution is 6.34. The summed E-state index contributed by atoms with van der Waals surface area (Å²) in [6.45, 7) is 0. The Bertz CT molecular complexity index is 919. The van der Waals surface area contributed by atoms with Crippen LogP contribution in [-0.2, 0) is 16.0 Å². The van der Waals surface area contributed by atoms with Gasteiger partial charge < -0.3 is 10.1 Å². The van der Waals surface area contributed by atoms with Crippen LogP contribution in [0.15, 0.2) is 48.5 Å². The van der Waals surface area contributed by atoms with E-state index in [4.69, 9.17) is 16.3 Å². The fourth-order valence-electron chi connectivity index (χ4n) is 3.51. The third-order valence-electron chi connectivity index (χ3n) is 4.62. The molecule has 5 heteroatoms. The lowest BCUT2D eigenvalue weighted by molar-refractivity contribution is -0.142. The molecule has 1 aliphatic carbocycles. The lowest BCUT2D eigenvalue weighted by atomic mass is 9.82. The number of nitrogens with one attached hydrogen (secondary N) is 1. The van der Waals surface area contributed by atoms with E-state index in [1.807, 2.05) is 30.3 Å². The van der Waals surface area contributed by atoms with Gasteiger partial charge >= 0.3 is 5.97 Å². The van der Waals surface area contributed by atoms with E-state index in [0.717, 1.165) is 11.1 Å². The molecule has 4 nitrogen and oxygen atoms in total. The molecule has 1 atom stereocenters. The van der Waals surface area contributed by atoms with Gasteiger partial charge in [-0.3, -0.25) is 4.79 Å². The maximum absolute atomic E-state index is 13.2. The van der Waals surface area contributed by atoms with Crippen molar-refractivity contribution >= 4 is 34.6 Å². The van der Waals surface area contributed by atoms with Crippen LogP contribution in [0.4, 0.5) is 5.69 Å². The number of halogens is 1. The Morgan fingerprint density at radius 1 is 1.21 bits per heavy atom. The van der Waals surface area contributed by atoms with Crippen molar-refractivity contribution < 1.29 is 14.3 Å². The standard InChI is InChI=1S/C19H14ClNO3/c1-24-18(23)19(15-9-6-11-4-2-3-5-13(11)15)17(22)14-8-7-12(20)10-16(14)21-19/h2-5,7-10,21H,6H2,1H3. The number of ether oxygens (including phenoxy) is 1. The second-order valence-electron chi connectivity index (χ2n) is 5.86. The second-order valence-corrected chi connectivity index (χ2v) is 6.30. The lowest BCUT2D eigenvalue weighted by Crippen LogP contribution is -2.51. The lowest BCUT2D eigenvalue weighted by Gasteiger charge is -2.27. The molecule has 120 valence electrons. The highest BCUT2D eigenvalue weighted by Crippen LogP contribution is 2.45. The zero-order chi connectivity index (χ0) is 16.9. The van der Waals surface area contributed by atoms with Gasteiger partial charge in [0, 0.05) is 21.8 Å². The van der Waals surface area contributed by atoms with Crippen LogP contribution in [-0.4, -0.2) is 24.4 Å². The van der Waals surface area contributed by atoms with Gasteiger partial charge in [0.25, 0.3) is 0 Å². The fourth-order valence-corrected chi connectivity index (χ4v) is 3.69. The number of carbonyl (C=O) groups is 2. The summed E-state index contributed by atoms with van der Waals surface area (Å²) in [4.78, 5) is 25.9. The zero-order valence-electron chi connectivity index (χ0n) is 12.9. The number of rotatable bonds is 2. The number of methoxy groups -OCH3 is 1. The minimum atomic E-state index is -1.56. The third kappa shape index (κ3) is 1.86. The van der Waals surface area contributed by atoms with Crippen molar-refractivity contribution in [1.29, 1.82) is 0 Å². The van der Waals surface area contributed by atoms with Crippen LogP contribution in [0.2, 0.25) is 5.02 Å². The largest absolute Gasteiger partial charge is 0.467 e. The minimum Gasteiger partial charge on any atom is -0.467 e. The average molecular weight is 340 g/mol. The van der Waals surface area contributed by atoms with Gasteiger partial charge in [0.05, 0.1) is 7.11 Å². The van der Waals surface area contributed by atoms with E-state index in [0.29, 0.717) is 28.3 Å². The van der Waals surface area contributed by atoms with E-state index in [-0.39, 0.29) is 5.78 Å². The summed E-state index contributed by atoms with van der Waals surface area (Å²) in [5, 5.41) is 3.59. The number of hydrogen-bond donors (Lipinski definition) is 1. The number of anilines is 1. The normalized spacial score (nSPS) is 20.9. The van der Waals surface area contributed by atoms with Gasteiger partial charge in [0.15, 0.2) is 0 Å². The van der Waals surface area contributed by atoms with Crippen molar-refractivity contribution in [3.63, 3.8) is 0 Å². The van der Waals surface area contributed by atoms with E-state index in [9.17, 15) is 9.59 Å². The van der Waals surface area contributed by atoms with E-state index in [1.54, 1.807) is 18.2 Å². The van der Waals surface area contributed by atoms with Gasteiger partial charge in [-0.05, 0) is 35.7 Å². The Morgan fingerprint density at radius 3 is 2.79 bits per heavy atom. The summed E-state index contributed by atoms with van der Waals surface area (Å²) < 4.78 is 5.00. The van der Waals surface area contributed by atoms with Crippen LogP contribution in [0, 0.1) is 0 Å². The topological polar surface area (TPSA) is 55.4 Å². The van der Waals surface area contributed by atoms with E-state index < -0.39 is 11.5 Å². The number of hydrogen-bond acceptors (Lipinski definition) is 4. The average Bonchev–Trinajstić information content (AvgIpc) is 3.14. The molecule has 2 aromatic rings. The van der Waals surface area contributed by atoms with Crippen molar-refractivity contribution in [3.8, 4) is 0 Å². The zero-order valence-corrected chi connectivity index (χ0v) is 13.7. The predicted octanol–water partition coefficient (Wildman–Crippen LogP) is 3.50. The molecular formula is C19H14ClNO3. The van der Waals surface area contributed by atoms with Gasteiger partial charge in [-0.25, -0.2) is 4.79 Å². The number of benzene rings is 2. The van der Waals surface area contributed by atoms with Crippen LogP contribution in [0.5, 0.6) is 0 Å². The molecule has 0 radical (unpaired) electrons. The van der Waals surface area contributed by atoms with Crippen LogP contribution in [0.25, 0.3) is 5.57 Å². The molecule has 0 saturated heterocycles. The molecule has 1 aliphatic heterocycles. The molecule has 1 N–H and O–H groups in total. The summed E-state index contributed by atoms with van der Waals surface area (Å²) in [7, 11) is 1.29. The first-order valence-electron chi connectivity index (χ1n) is 7.58. The van der Waals surface area contributed by atoms with Gasteiger partial charge in [0.1, 0.15) is 0 Å².